The zero-order valence-electron chi connectivity index (χ0n) is 11.4. The predicted molar refractivity (Wildman–Crippen MR) is 81.4 cm³/mol. The maximum absolute atomic E-state index is 6.11. The van der Waals surface area contributed by atoms with Crippen molar-refractivity contribution in [3.63, 3.8) is 0 Å². The molecule has 19 heavy (non-hydrogen) atoms. The number of hydrogen-bond donors (Lipinski definition) is 2. The Hall–Kier alpha value is -0.320. The van der Waals surface area contributed by atoms with Crippen molar-refractivity contribution in [1.29, 1.82) is 0 Å². The van der Waals surface area contributed by atoms with Gasteiger partial charge in [0, 0.05) is 5.54 Å². The van der Waals surface area contributed by atoms with Gasteiger partial charge in [-0.3, -0.25) is 16.2 Å². The maximum Gasteiger partial charge on any atom is 0.0639 e. The molecule has 106 valence electrons. The Morgan fingerprint density at radius 3 is 2.37 bits per heavy atom. The van der Waals surface area contributed by atoms with Crippen LogP contribution in [0.2, 0.25) is 10.0 Å². The van der Waals surface area contributed by atoms with Crippen LogP contribution in [0.4, 0.5) is 0 Å². The summed E-state index contributed by atoms with van der Waals surface area (Å²) in [6, 6.07) is 5.72. The second-order valence-corrected chi connectivity index (χ2v) is 6.44. The molecule has 1 aliphatic rings. The van der Waals surface area contributed by atoms with E-state index in [1.807, 2.05) is 18.2 Å². The number of nitrogens with two attached hydrogens (primary N) is 1. The second-order valence-electron chi connectivity index (χ2n) is 5.62. The third kappa shape index (κ3) is 3.06. The molecule has 5 heteroatoms. The molecule has 0 amide bonds. The molecule has 3 N–H and O–H groups in total. The highest BCUT2D eigenvalue weighted by molar-refractivity contribution is 6.42. The first-order valence-corrected chi connectivity index (χ1v) is 7.38. The first kappa shape index (κ1) is 15.1. The molecule has 1 aromatic rings. The van der Waals surface area contributed by atoms with Crippen LogP contribution in [0.5, 0.6) is 0 Å². The SMILES string of the molecule is CC(C)(C(NN)c1ccc(Cl)c(Cl)c1)N1CCCC1. The van der Waals surface area contributed by atoms with Crippen LogP contribution >= 0.6 is 23.2 Å². The molecule has 1 fully saturated rings. The van der Waals surface area contributed by atoms with E-state index in [0.29, 0.717) is 10.0 Å². The Labute approximate surface area is 125 Å². The average Bonchev–Trinajstić information content (AvgIpc) is 2.88. The molecular formula is C14H21Cl2N3. The van der Waals surface area contributed by atoms with E-state index in [1.165, 1.54) is 12.8 Å². The van der Waals surface area contributed by atoms with E-state index >= 15 is 0 Å². The third-order valence-electron chi connectivity index (χ3n) is 4.07. The van der Waals surface area contributed by atoms with Crippen molar-refractivity contribution < 1.29 is 0 Å². The van der Waals surface area contributed by atoms with Crippen LogP contribution in [0.25, 0.3) is 0 Å². The minimum atomic E-state index is -0.0671. The van der Waals surface area contributed by atoms with Crippen LogP contribution in [0, 0.1) is 0 Å². The summed E-state index contributed by atoms with van der Waals surface area (Å²) in [6.45, 7) is 6.66. The van der Waals surface area contributed by atoms with Gasteiger partial charge in [-0.05, 0) is 57.5 Å². The molecule has 0 saturated carbocycles. The Kier molecular flexibility index (Phi) is 4.75. The van der Waals surface area contributed by atoms with Gasteiger partial charge in [-0.2, -0.15) is 0 Å². The number of hydrazine groups is 1. The lowest BCUT2D eigenvalue weighted by Gasteiger charge is -2.42. The molecule has 1 aliphatic heterocycles. The minimum Gasteiger partial charge on any atom is -0.296 e. The Balaban J connectivity index is 2.29. The maximum atomic E-state index is 6.11. The first-order valence-electron chi connectivity index (χ1n) is 6.63. The van der Waals surface area contributed by atoms with Crippen LogP contribution in [-0.4, -0.2) is 23.5 Å². The monoisotopic (exact) mass is 301 g/mol. The molecule has 2 rings (SSSR count). The van der Waals surface area contributed by atoms with Gasteiger partial charge >= 0.3 is 0 Å². The molecule has 1 unspecified atom stereocenters. The number of rotatable bonds is 4. The molecule has 3 nitrogen and oxygen atoms in total. The second kappa shape index (κ2) is 5.98. The zero-order chi connectivity index (χ0) is 14.0. The fourth-order valence-electron chi connectivity index (χ4n) is 2.88. The largest absolute Gasteiger partial charge is 0.296 e. The van der Waals surface area contributed by atoms with E-state index in [-0.39, 0.29) is 11.6 Å². The summed E-state index contributed by atoms with van der Waals surface area (Å²) in [5, 5.41) is 1.14. The highest BCUT2D eigenvalue weighted by Crippen LogP contribution is 2.35. The summed E-state index contributed by atoms with van der Waals surface area (Å²) >= 11 is 12.1. The first-order chi connectivity index (χ1) is 8.96. The van der Waals surface area contributed by atoms with E-state index in [0.717, 1.165) is 18.7 Å². The Bertz CT molecular complexity index is 442. The summed E-state index contributed by atoms with van der Waals surface area (Å²) in [6.07, 6.45) is 2.50. The summed E-state index contributed by atoms with van der Waals surface area (Å²) in [5.41, 5.74) is 3.94. The van der Waals surface area contributed by atoms with Crippen molar-refractivity contribution >= 4 is 23.2 Å². The number of nitrogens with zero attached hydrogens (tertiary/aromatic N) is 1. The van der Waals surface area contributed by atoms with E-state index in [4.69, 9.17) is 29.0 Å². The van der Waals surface area contributed by atoms with E-state index in [1.54, 1.807) is 0 Å². The van der Waals surface area contributed by atoms with Crippen LogP contribution in [-0.2, 0) is 0 Å². The highest BCUT2D eigenvalue weighted by atomic mass is 35.5. The number of hydrogen-bond acceptors (Lipinski definition) is 3. The average molecular weight is 302 g/mol. The Morgan fingerprint density at radius 2 is 1.84 bits per heavy atom. The van der Waals surface area contributed by atoms with Gasteiger partial charge < -0.3 is 0 Å². The lowest BCUT2D eigenvalue weighted by molar-refractivity contribution is 0.107. The number of nitrogens with one attached hydrogen (secondary N) is 1. The van der Waals surface area contributed by atoms with Gasteiger partial charge in [-0.15, -0.1) is 0 Å². The lowest BCUT2D eigenvalue weighted by Crippen LogP contribution is -2.53. The van der Waals surface area contributed by atoms with Crippen molar-refractivity contribution in [2.24, 2.45) is 5.84 Å². The van der Waals surface area contributed by atoms with Crippen molar-refractivity contribution in [2.45, 2.75) is 38.3 Å². The molecule has 1 heterocycles. The van der Waals surface area contributed by atoms with Gasteiger partial charge in [0.2, 0.25) is 0 Å². The van der Waals surface area contributed by atoms with Crippen LogP contribution in [0.1, 0.15) is 38.3 Å². The van der Waals surface area contributed by atoms with E-state index in [9.17, 15) is 0 Å². The molecule has 1 atom stereocenters. The standard InChI is InChI=1S/C14H21Cl2N3/c1-14(2,19-7-3-4-8-19)13(18-17)10-5-6-11(15)12(16)9-10/h5-6,9,13,18H,3-4,7-8,17H2,1-2H3. The van der Waals surface area contributed by atoms with Crippen molar-refractivity contribution in [2.75, 3.05) is 13.1 Å². The molecule has 1 saturated heterocycles. The van der Waals surface area contributed by atoms with E-state index in [2.05, 4.69) is 24.2 Å². The van der Waals surface area contributed by atoms with Gasteiger partial charge in [0.15, 0.2) is 0 Å². The number of halogens is 2. The minimum absolute atomic E-state index is 0.0142. The molecule has 0 aromatic heterocycles. The number of benzene rings is 1. The molecule has 1 aromatic carbocycles. The predicted octanol–water partition coefficient (Wildman–Crippen LogP) is 3.37. The Morgan fingerprint density at radius 1 is 1.21 bits per heavy atom. The van der Waals surface area contributed by atoms with Gasteiger partial charge in [-0.25, -0.2) is 0 Å². The van der Waals surface area contributed by atoms with E-state index < -0.39 is 0 Å². The normalized spacial score (nSPS) is 18.8. The molecule has 0 bridgehead atoms. The quantitative estimate of drug-likeness (QED) is 0.662. The van der Waals surface area contributed by atoms with Gasteiger partial charge in [0.05, 0.1) is 16.1 Å². The van der Waals surface area contributed by atoms with Crippen LogP contribution in [0.15, 0.2) is 18.2 Å². The molecule has 0 spiro atoms. The molecule has 0 aliphatic carbocycles. The lowest BCUT2D eigenvalue weighted by atomic mass is 9.87. The molecule has 0 radical (unpaired) electrons. The van der Waals surface area contributed by atoms with Gasteiger partial charge in [0.1, 0.15) is 0 Å². The topological polar surface area (TPSA) is 41.3 Å². The zero-order valence-corrected chi connectivity index (χ0v) is 12.9. The summed E-state index contributed by atoms with van der Waals surface area (Å²) < 4.78 is 0. The van der Waals surface area contributed by atoms with Crippen LogP contribution < -0.4 is 11.3 Å². The van der Waals surface area contributed by atoms with Crippen molar-refractivity contribution in [3.05, 3.63) is 33.8 Å². The van der Waals surface area contributed by atoms with Crippen molar-refractivity contribution in [3.8, 4) is 0 Å². The summed E-state index contributed by atoms with van der Waals surface area (Å²) in [4.78, 5) is 2.47. The fourth-order valence-corrected chi connectivity index (χ4v) is 3.18. The van der Waals surface area contributed by atoms with Crippen LogP contribution in [0.3, 0.4) is 0 Å². The summed E-state index contributed by atoms with van der Waals surface area (Å²) in [5.74, 6) is 5.79. The van der Waals surface area contributed by atoms with Gasteiger partial charge in [0.25, 0.3) is 0 Å². The fraction of sp³-hybridized carbons (Fsp3) is 0.571. The smallest absolute Gasteiger partial charge is 0.0639 e. The van der Waals surface area contributed by atoms with Crippen molar-refractivity contribution in [1.82, 2.24) is 10.3 Å². The van der Waals surface area contributed by atoms with Gasteiger partial charge in [-0.1, -0.05) is 29.3 Å². The number of likely N-dealkylation sites (tertiary alicyclic amines) is 1. The highest BCUT2D eigenvalue weighted by Gasteiger charge is 2.37. The third-order valence-corrected chi connectivity index (χ3v) is 4.81. The summed E-state index contributed by atoms with van der Waals surface area (Å²) in [7, 11) is 0. The molecular weight excluding hydrogens is 281 g/mol.